The Kier molecular flexibility index (Phi) is 8.08. The Labute approximate surface area is 235 Å². The van der Waals surface area contributed by atoms with Gasteiger partial charge in [-0.3, -0.25) is 4.72 Å². The van der Waals surface area contributed by atoms with Gasteiger partial charge < -0.3 is 15.4 Å². The van der Waals surface area contributed by atoms with Gasteiger partial charge >= 0.3 is 0 Å². The number of hydrogen-bond acceptors (Lipinski definition) is 8. The molecule has 0 saturated carbocycles. The van der Waals surface area contributed by atoms with E-state index in [1.807, 2.05) is 0 Å². The largest absolute Gasteiger partial charge is 0.435 e. The van der Waals surface area contributed by atoms with Crippen LogP contribution in [0.3, 0.4) is 0 Å². The summed E-state index contributed by atoms with van der Waals surface area (Å²) in [5.41, 5.74) is -0.692. The van der Waals surface area contributed by atoms with Gasteiger partial charge in [0, 0.05) is 37.9 Å². The molecule has 13 heteroatoms. The molecule has 3 N–H and O–H groups in total. The number of halogens is 3. The Morgan fingerprint density at radius 3 is 2.61 bits per heavy atom. The Balaban J connectivity index is 1.34. The molecule has 1 saturated heterocycles. The predicted octanol–water partition coefficient (Wildman–Crippen LogP) is 5.05. The number of aromatic nitrogens is 3. The first-order valence-corrected chi connectivity index (χ1v) is 14.4. The van der Waals surface area contributed by atoms with Crippen LogP contribution in [0, 0.1) is 11.6 Å². The number of nitrogens with zero attached hydrogens (tertiary/aromatic N) is 3. The first-order valence-electron chi connectivity index (χ1n) is 12.7. The van der Waals surface area contributed by atoms with Crippen molar-refractivity contribution in [3.63, 3.8) is 0 Å². The maximum Gasteiger partial charge on any atom is 0.237 e. The van der Waals surface area contributed by atoms with Crippen LogP contribution in [-0.4, -0.2) is 48.2 Å². The van der Waals surface area contributed by atoms with E-state index in [4.69, 9.17) is 4.74 Å². The Bertz CT molecular complexity index is 1640. The topological polar surface area (TPSA) is 118 Å². The molecule has 0 amide bonds. The molecule has 0 spiro atoms. The standard InChI is InChI=1S/C28H27F3N6O3S/c1-28(31)14-19(15-32-17-28)35-27-34-13-11-21(36-27)20-8-5-12-33-26(20)40-23-10-9-22(24(29)25(23)30)37-41(38,39)16-18-6-3-2-4-7-18/h2-13,19,32,37H,14-17H2,1H3,(H,34,35,36)/t19?,28-/m0/s1. The lowest BCUT2D eigenvalue weighted by molar-refractivity contribution is 0.137. The van der Waals surface area contributed by atoms with E-state index in [1.165, 1.54) is 19.3 Å². The van der Waals surface area contributed by atoms with Crippen molar-refractivity contribution in [1.29, 1.82) is 0 Å². The van der Waals surface area contributed by atoms with Gasteiger partial charge in [-0.1, -0.05) is 30.3 Å². The molecule has 1 aliphatic heterocycles. The number of alkyl halides is 1. The minimum absolute atomic E-state index is 0.0662. The Morgan fingerprint density at radius 2 is 1.83 bits per heavy atom. The van der Waals surface area contributed by atoms with E-state index in [1.54, 1.807) is 48.5 Å². The molecule has 41 heavy (non-hydrogen) atoms. The van der Waals surface area contributed by atoms with Gasteiger partial charge in [-0.05, 0) is 42.8 Å². The lowest BCUT2D eigenvalue weighted by Gasteiger charge is -2.33. The highest BCUT2D eigenvalue weighted by molar-refractivity contribution is 7.91. The number of anilines is 2. The first-order chi connectivity index (χ1) is 19.6. The number of ether oxygens (including phenoxy) is 1. The van der Waals surface area contributed by atoms with E-state index in [0.29, 0.717) is 23.4 Å². The molecule has 0 aliphatic carbocycles. The molecule has 214 valence electrons. The van der Waals surface area contributed by atoms with E-state index >= 15 is 4.39 Å². The summed E-state index contributed by atoms with van der Waals surface area (Å²) >= 11 is 0. The van der Waals surface area contributed by atoms with Crippen LogP contribution in [0.4, 0.5) is 24.8 Å². The van der Waals surface area contributed by atoms with Gasteiger partial charge in [0.25, 0.3) is 0 Å². The van der Waals surface area contributed by atoms with Gasteiger partial charge in [-0.15, -0.1) is 0 Å². The molecule has 1 fully saturated rings. The van der Waals surface area contributed by atoms with E-state index in [2.05, 4.69) is 30.3 Å². The minimum Gasteiger partial charge on any atom is -0.435 e. The molecular formula is C28H27F3N6O3S. The van der Waals surface area contributed by atoms with Crippen molar-refractivity contribution in [2.24, 2.45) is 0 Å². The van der Waals surface area contributed by atoms with Gasteiger partial charge in [-0.25, -0.2) is 32.2 Å². The number of nitrogens with one attached hydrogen (secondary N) is 3. The van der Waals surface area contributed by atoms with Crippen molar-refractivity contribution >= 4 is 21.7 Å². The van der Waals surface area contributed by atoms with Crippen LogP contribution in [0.2, 0.25) is 0 Å². The number of piperidine rings is 1. The molecule has 5 rings (SSSR count). The van der Waals surface area contributed by atoms with Crippen molar-refractivity contribution in [3.05, 3.63) is 90.3 Å². The number of sulfonamides is 1. The van der Waals surface area contributed by atoms with Crippen LogP contribution in [0.5, 0.6) is 11.6 Å². The summed E-state index contributed by atoms with van der Waals surface area (Å²) in [6.45, 7) is 2.33. The molecule has 3 heterocycles. The van der Waals surface area contributed by atoms with Crippen molar-refractivity contribution in [2.45, 2.75) is 30.8 Å². The summed E-state index contributed by atoms with van der Waals surface area (Å²) in [4.78, 5) is 12.8. The minimum atomic E-state index is -4.02. The molecular weight excluding hydrogens is 557 g/mol. The lowest BCUT2D eigenvalue weighted by Crippen LogP contribution is -2.50. The highest BCUT2D eigenvalue weighted by Gasteiger charge is 2.32. The van der Waals surface area contributed by atoms with E-state index in [-0.39, 0.29) is 30.8 Å². The monoisotopic (exact) mass is 584 g/mol. The van der Waals surface area contributed by atoms with Gasteiger partial charge in [0.05, 0.1) is 22.7 Å². The van der Waals surface area contributed by atoms with E-state index in [9.17, 15) is 17.2 Å². The molecule has 0 bridgehead atoms. The summed E-state index contributed by atoms with van der Waals surface area (Å²) < 4.78 is 77.1. The molecule has 4 aromatic rings. The molecule has 1 aliphatic rings. The average molecular weight is 585 g/mol. The summed E-state index contributed by atoms with van der Waals surface area (Å²) in [6, 6.07) is 15.1. The molecule has 0 radical (unpaired) electrons. The zero-order valence-corrected chi connectivity index (χ0v) is 22.8. The zero-order chi connectivity index (χ0) is 29.0. The van der Waals surface area contributed by atoms with Crippen LogP contribution in [0.25, 0.3) is 11.3 Å². The summed E-state index contributed by atoms with van der Waals surface area (Å²) in [5.74, 6) is -3.55. The zero-order valence-electron chi connectivity index (χ0n) is 21.9. The van der Waals surface area contributed by atoms with Crippen LogP contribution >= 0.6 is 0 Å². The Morgan fingerprint density at radius 1 is 1.02 bits per heavy atom. The lowest BCUT2D eigenvalue weighted by atomic mass is 9.95. The van der Waals surface area contributed by atoms with Gasteiger partial charge in [0.2, 0.25) is 27.7 Å². The second-order valence-corrected chi connectivity index (χ2v) is 11.6. The van der Waals surface area contributed by atoms with E-state index in [0.717, 1.165) is 12.1 Å². The number of rotatable bonds is 9. The van der Waals surface area contributed by atoms with Crippen LogP contribution in [0.15, 0.2) is 73.1 Å². The Hall–Kier alpha value is -4.23. The number of hydrogen-bond donors (Lipinski definition) is 3. The molecule has 2 atom stereocenters. The molecule has 1 unspecified atom stereocenters. The second kappa shape index (κ2) is 11.7. The fourth-order valence-corrected chi connectivity index (χ4v) is 5.68. The summed E-state index contributed by atoms with van der Waals surface area (Å²) in [7, 11) is -4.02. The van der Waals surface area contributed by atoms with Crippen LogP contribution in [-0.2, 0) is 15.8 Å². The average Bonchev–Trinajstić information content (AvgIpc) is 2.93. The van der Waals surface area contributed by atoms with Crippen LogP contribution < -0.4 is 20.1 Å². The summed E-state index contributed by atoms with van der Waals surface area (Å²) in [5, 5.41) is 6.16. The van der Waals surface area contributed by atoms with Gasteiger partial charge in [-0.2, -0.15) is 4.39 Å². The van der Waals surface area contributed by atoms with Crippen molar-refractivity contribution in [1.82, 2.24) is 20.3 Å². The maximum atomic E-state index is 15.0. The number of pyridine rings is 1. The highest BCUT2D eigenvalue weighted by Crippen LogP contribution is 2.34. The van der Waals surface area contributed by atoms with E-state index < -0.39 is 44.5 Å². The van der Waals surface area contributed by atoms with Crippen molar-refractivity contribution in [2.75, 3.05) is 23.1 Å². The SMILES string of the molecule is C[C@@]1(F)CNCC(Nc2nccc(-c3cccnc3Oc3ccc(NS(=O)(=O)Cc4ccccc4)c(F)c3F)n2)C1. The van der Waals surface area contributed by atoms with Crippen LogP contribution in [0.1, 0.15) is 18.9 Å². The third-order valence-electron chi connectivity index (χ3n) is 6.31. The third kappa shape index (κ3) is 7.11. The fraction of sp³-hybridized carbons (Fsp3) is 0.250. The number of benzene rings is 2. The normalized spacial score (nSPS) is 19.0. The third-order valence-corrected chi connectivity index (χ3v) is 7.56. The van der Waals surface area contributed by atoms with Crippen molar-refractivity contribution in [3.8, 4) is 22.9 Å². The molecule has 2 aromatic heterocycles. The van der Waals surface area contributed by atoms with Crippen molar-refractivity contribution < 1.29 is 26.3 Å². The fourth-order valence-electron chi connectivity index (χ4n) is 4.49. The van der Waals surface area contributed by atoms with Gasteiger partial charge in [0.15, 0.2) is 11.6 Å². The smallest absolute Gasteiger partial charge is 0.237 e. The first kappa shape index (κ1) is 28.3. The summed E-state index contributed by atoms with van der Waals surface area (Å²) in [6.07, 6.45) is 3.19. The molecule has 2 aromatic carbocycles. The quantitative estimate of drug-likeness (QED) is 0.250. The van der Waals surface area contributed by atoms with Gasteiger partial charge in [0.1, 0.15) is 5.67 Å². The second-order valence-electron chi connectivity index (χ2n) is 9.90. The predicted molar refractivity (Wildman–Crippen MR) is 149 cm³/mol. The molecule has 9 nitrogen and oxygen atoms in total. The highest BCUT2D eigenvalue weighted by atomic mass is 32.2. The maximum absolute atomic E-state index is 15.0.